The summed E-state index contributed by atoms with van der Waals surface area (Å²) in [6.07, 6.45) is 2.81. The molecule has 0 aliphatic rings. The van der Waals surface area contributed by atoms with Crippen LogP contribution in [0.3, 0.4) is 0 Å². The van der Waals surface area contributed by atoms with E-state index in [9.17, 15) is 19.2 Å². The standard InChI is InChI=1S/2C13H10N2O3/c2*14-12(16)11-10(7-4-8-15-11)18-13(17)9-5-2-1-3-6-9/h2*1-8H,(H2,14,16). The lowest BCUT2D eigenvalue weighted by Gasteiger charge is -2.06. The largest absolute Gasteiger partial charge is 0.420 e. The molecule has 2 aromatic heterocycles. The van der Waals surface area contributed by atoms with E-state index in [0.29, 0.717) is 11.1 Å². The van der Waals surface area contributed by atoms with Crippen LogP contribution in [-0.4, -0.2) is 33.7 Å². The summed E-state index contributed by atoms with van der Waals surface area (Å²) in [6, 6.07) is 22.9. The lowest BCUT2D eigenvalue weighted by molar-refractivity contribution is 0.0720. The topological polar surface area (TPSA) is 165 Å². The average molecular weight is 484 g/mol. The molecule has 36 heavy (non-hydrogen) atoms. The molecule has 10 heteroatoms. The van der Waals surface area contributed by atoms with Gasteiger partial charge in [0.15, 0.2) is 22.9 Å². The SMILES string of the molecule is NC(=O)c1ncccc1OC(=O)c1ccccc1.NC(=O)c1ncccc1OC(=O)c1ccccc1. The number of amides is 2. The summed E-state index contributed by atoms with van der Waals surface area (Å²) in [6.45, 7) is 0. The molecule has 10 nitrogen and oxygen atoms in total. The summed E-state index contributed by atoms with van der Waals surface area (Å²) in [5.74, 6) is -2.51. The van der Waals surface area contributed by atoms with E-state index in [0.717, 1.165) is 0 Å². The van der Waals surface area contributed by atoms with Gasteiger partial charge in [-0.05, 0) is 48.5 Å². The number of primary amides is 2. The number of nitrogens with two attached hydrogens (primary N) is 2. The van der Waals surface area contributed by atoms with E-state index in [-0.39, 0.29) is 22.9 Å². The normalized spacial score (nSPS) is 9.78. The lowest BCUT2D eigenvalue weighted by atomic mass is 10.2. The van der Waals surface area contributed by atoms with Gasteiger partial charge in [-0.3, -0.25) is 9.59 Å². The smallest absolute Gasteiger partial charge is 0.343 e. The lowest BCUT2D eigenvalue weighted by Crippen LogP contribution is -2.17. The van der Waals surface area contributed by atoms with Gasteiger partial charge in [0.1, 0.15) is 0 Å². The molecule has 4 N–H and O–H groups in total. The first-order chi connectivity index (χ1) is 17.4. The van der Waals surface area contributed by atoms with Gasteiger partial charge in [-0.25, -0.2) is 19.6 Å². The third-order valence-electron chi connectivity index (χ3n) is 4.43. The highest BCUT2D eigenvalue weighted by Gasteiger charge is 2.16. The molecular weight excluding hydrogens is 464 g/mol. The second kappa shape index (κ2) is 12.2. The molecular formula is C26H20N4O6. The second-order valence-corrected chi connectivity index (χ2v) is 6.94. The van der Waals surface area contributed by atoms with Gasteiger partial charge < -0.3 is 20.9 Å². The van der Waals surface area contributed by atoms with Crippen molar-refractivity contribution in [3.8, 4) is 11.5 Å². The van der Waals surface area contributed by atoms with E-state index in [1.165, 1.54) is 24.5 Å². The van der Waals surface area contributed by atoms with Crippen LogP contribution < -0.4 is 20.9 Å². The van der Waals surface area contributed by atoms with E-state index in [1.54, 1.807) is 72.8 Å². The first-order valence-corrected chi connectivity index (χ1v) is 10.4. The summed E-state index contributed by atoms with van der Waals surface area (Å²) in [4.78, 5) is 53.3. The highest BCUT2D eigenvalue weighted by molar-refractivity contribution is 5.97. The van der Waals surface area contributed by atoms with Gasteiger partial charge in [0.25, 0.3) is 11.8 Å². The van der Waals surface area contributed by atoms with E-state index >= 15 is 0 Å². The van der Waals surface area contributed by atoms with Crippen molar-refractivity contribution in [2.45, 2.75) is 0 Å². The van der Waals surface area contributed by atoms with Crippen LogP contribution in [0.5, 0.6) is 11.5 Å². The van der Waals surface area contributed by atoms with Crippen LogP contribution in [-0.2, 0) is 0 Å². The molecule has 0 aliphatic carbocycles. The molecule has 0 spiro atoms. The minimum absolute atomic E-state index is 0.0545. The predicted molar refractivity (Wildman–Crippen MR) is 128 cm³/mol. The molecule has 2 aromatic carbocycles. The molecule has 4 aromatic rings. The first kappa shape index (κ1) is 25.2. The van der Waals surface area contributed by atoms with Gasteiger partial charge in [0.2, 0.25) is 0 Å². The van der Waals surface area contributed by atoms with Crippen molar-refractivity contribution in [2.24, 2.45) is 11.5 Å². The molecule has 0 bridgehead atoms. The number of hydrogen-bond donors (Lipinski definition) is 2. The van der Waals surface area contributed by atoms with E-state index in [2.05, 4.69) is 9.97 Å². The van der Waals surface area contributed by atoms with E-state index in [4.69, 9.17) is 20.9 Å². The Bertz CT molecular complexity index is 1270. The maximum absolute atomic E-state index is 11.8. The van der Waals surface area contributed by atoms with Gasteiger partial charge in [0, 0.05) is 12.4 Å². The Balaban J connectivity index is 0.000000201. The van der Waals surface area contributed by atoms with Crippen LogP contribution in [0.1, 0.15) is 41.7 Å². The van der Waals surface area contributed by atoms with Crippen LogP contribution in [0, 0.1) is 0 Å². The van der Waals surface area contributed by atoms with Gasteiger partial charge in [-0.1, -0.05) is 36.4 Å². The van der Waals surface area contributed by atoms with Crippen molar-refractivity contribution < 1.29 is 28.7 Å². The van der Waals surface area contributed by atoms with Gasteiger partial charge in [-0.15, -0.1) is 0 Å². The maximum atomic E-state index is 11.8. The quantitative estimate of drug-likeness (QED) is 0.394. The zero-order chi connectivity index (χ0) is 25.9. The van der Waals surface area contributed by atoms with Crippen molar-refractivity contribution in [3.05, 3.63) is 120 Å². The number of esters is 2. The first-order valence-electron chi connectivity index (χ1n) is 10.4. The van der Waals surface area contributed by atoms with Crippen molar-refractivity contribution >= 4 is 23.8 Å². The summed E-state index contributed by atoms with van der Waals surface area (Å²) < 4.78 is 10.2. The number of carbonyl (C=O) groups is 4. The zero-order valence-electron chi connectivity index (χ0n) is 18.7. The number of ether oxygens (including phenoxy) is 2. The second-order valence-electron chi connectivity index (χ2n) is 6.94. The van der Waals surface area contributed by atoms with Crippen LogP contribution in [0.4, 0.5) is 0 Å². The van der Waals surface area contributed by atoms with Gasteiger partial charge >= 0.3 is 11.9 Å². The average Bonchev–Trinajstić information content (AvgIpc) is 2.90. The van der Waals surface area contributed by atoms with Crippen LogP contribution in [0.15, 0.2) is 97.3 Å². The zero-order valence-corrected chi connectivity index (χ0v) is 18.7. The Labute approximate surface area is 205 Å². The Kier molecular flexibility index (Phi) is 8.55. The molecule has 0 saturated heterocycles. The molecule has 0 fully saturated rings. The third-order valence-corrected chi connectivity index (χ3v) is 4.43. The number of aromatic nitrogens is 2. The highest BCUT2D eigenvalue weighted by Crippen LogP contribution is 2.17. The molecule has 0 atom stereocenters. The highest BCUT2D eigenvalue weighted by atomic mass is 16.5. The summed E-state index contributed by atoms with van der Waals surface area (Å²) >= 11 is 0. The summed E-state index contributed by atoms with van der Waals surface area (Å²) in [5.41, 5.74) is 10.9. The minimum Gasteiger partial charge on any atom is -0.420 e. The number of rotatable bonds is 6. The van der Waals surface area contributed by atoms with Crippen LogP contribution in [0.2, 0.25) is 0 Å². The fraction of sp³-hybridized carbons (Fsp3) is 0. The number of nitrogens with zero attached hydrogens (tertiary/aromatic N) is 2. The molecule has 180 valence electrons. The predicted octanol–water partition coefficient (Wildman–Crippen LogP) is 2.80. The number of carbonyl (C=O) groups excluding carboxylic acids is 4. The number of benzene rings is 2. The minimum atomic E-state index is -0.744. The van der Waals surface area contributed by atoms with Crippen LogP contribution >= 0.6 is 0 Å². The summed E-state index contributed by atoms with van der Waals surface area (Å²) in [5, 5.41) is 0. The van der Waals surface area contributed by atoms with Crippen molar-refractivity contribution in [1.29, 1.82) is 0 Å². The Morgan fingerprint density at radius 2 is 0.889 bits per heavy atom. The van der Waals surface area contributed by atoms with Gasteiger partial charge in [-0.2, -0.15) is 0 Å². The molecule has 0 aliphatic heterocycles. The number of hydrogen-bond acceptors (Lipinski definition) is 8. The molecule has 2 heterocycles. The van der Waals surface area contributed by atoms with E-state index in [1.807, 2.05) is 0 Å². The van der Waals surface area contributed by atoms with Crippen molar-refractivity contribution in [2.75, 3.05) is 0 Å². The molecule has 0 unspecified atom stereocenters. The Morgan fingerprint density at radius 3 is 1.22 bits per heavy atom. The van der Waals surface area contributed by atoms with E-state index < -0.39 is 23.8 Å². The Morgan fingerprint density at radius 1 is 0.528 bits per heavy atom. The molecule has 0 radical (unpaired) electrons. The third kappa shape index (κ3) is 6.81. The van der Waals surface area contributed by atoms with Crippen LogP contribution in [0.25, 0.3) is 0 Å². The molecule has 2 amide bonds. The van der Waals surface area contributed by atoms with Crippen molar-refractivity contribution in [3.63, 3.8) is 0 Å². The Hall–Kier alpha value is -5.38. The maximum Gasteiger partial charge on any atom is 0.343 e. The van der Waals surface area contributed by atoms with Crippen molar-refractivity contribution in [1.82, 2.24) is 9.97 Å². The number of pyridine rings is 2. The summed E-state index contributed by atoms with van der Waals surface area (Å²) in [7, 11) is 0. The van der Waals surface area contributed by atoms with Gasteiger partial charge in [0.05, 0.1) is 11.1 Å². The monoisotopic (exact) mass is 484 g/mol. The molecule has 0 saturated carbocycles. The molecule has 4 rings (SSSR count). The fourth-order valence-electron chi connectivity index (χ4n) is 2.78. The fourth-order valence-corrected chi connectivity index (χ4v) is 2.78.